The molecule has 7 heteroatoms. The third-order valence-corrected chi connectivity index (χ3v) is 8.71. The van der Waals surface area contributed by atoms with Crippen LogP contribution in [0.25, 0.3) is 0 Å². The van der Waals surface area contributed by atoms with Gasteiger partial charge in [0.1, 0.15) is 0 Å². The summed E-state index contributed by atoms with van der Waals surface area (Å²) in [7, 11) is -3.41. The predicted molar refractivity (Wildman–Crippen MR) is 143 cm³/mol. The maximum atomic E-state index is 12.2. The van der Waals surface area contributed by atoms with E-state index in [1.807, 2.05) is 0 Å². The molecule has 0 saturated carbocycles. The van der Waals surface area contributed by atoms with Crippen molar-refractivity contribution >= 4 is 19.6 Å². The maximum absolute atomic E-state index is 12.2. The Kier molecular flexibility index (Phi) is 21.3. The minimum absolute atomic E-state index is 0.0964. The minimum atomic E-state index is -3.41. The number of rotatable bonds is 26. The molecule has 206 valence electrons. The molecule has 0 heterocycles. The number of hydrogen-bond donors (Lipinski definition) is 2. The molecule has 2 N–H and O–H groups in total. The summed E-state index contributed by atoms with van der Waals surface area (Å²) in [5.41, 5.74) is 0. The summed E-state index contributed by atoms with van der Waals surface area (Å²) >= 11 is 0. The topological polar surface area (TPSA) is 109 Å². The van der Waals surface area contributed by atoms with E-state index in [-0.39, 0.29) is 12.8 Å². The second-order valence-electron chi connectivity index (χ2n) is 10.3. The molecule has 0 aliphatic heterocycles. The zero-order valence-electron chi connectivity index (χ0n) is 22.6. The predicted octanol–water partition coefficient (Wildman–Crippen LogP) is 9.31. The van der Waals surface area contributed by atoms with E-state index in [9.17, 15) is 28.9 Å². The molecule has 0 bridgehead atoms. The molecule has 2 atom stereocenters. The minimum Gasteiger partial charge on any atom is -0.481 e. The van der Waals surface area contributed by atoms with E-state index in [1.54, 1.807) is 0 Å². The van der Waals surface area contributed by atoms with Crippen LogP contribution < -0.4 is 0 Å². The molecule has 0 aromatic carbocycles. The Hall–Kier alpha value is -1.16. The van der Waals surface area contributed by atoms with Crippen molar-refractivity contribution in [2.45, 2.75) is 160 Å². The van der Waals surface area contributed by atoms with Crippen molar-refractivity contribution in [3.63, 3.8) is 0 Å². The quantitative estimate of drug-likeness (QED) is 0.0875. The van der Waals surface area contributed by atoms with Crippen LogP contribution in [0.4, 0.5) is 0 Å². The van der Waals surface area contributed by atoms with Gasteiger partial charge in [0.15, 0.2) is 5.16 Å². The van der Waals surface area contributed by atoms with E-state index < -0.39 is 30.7 Å². The first-order chi connectivity index (χ1) is 16.8. The summed E-state index contributed by atoms with van der Waals surface area (Å²) in [4.78, 5) is 24.1. The SMILES string of the molecule is CCCCCCCCCCCCC(C(=O)O)C(CCCCCCCCCCCC)(C(=O)O)P(=O)=O. The number of unbranched alkanes of at least 4 members (excludes halogenated alkanes) is 18. The molecule has 0 aliphatic carbocycles. The molecular formula is C28H53O6P. The highest BCUT2D eigenvalue weighted by atomic mass is 31.1. The highest BCUT2D eigenvalue weighted by molar-refractivity contribution is 7.34. The molecule has 0 saturated heterocycles. The van der Waals surface area contributed by atoms with Gasteiger partial charge in [-0.15, -0.1) is 0 Å². The van der Waals surface area contributed by atoms with Crippen LogP contribution in [0.5, 0.6) is 0 Å². The highest BCUT2D eigenvalue weighted by Crippen LogP contribution is 2.44. The summed E-state index contributed by atoms with van der Waals surface area (Å²) < 4.78 is 24.4. The fourth-order valence-electron chi connectivity index (χ4n) is 5.01. The van der Waals surface area contributed by atoms with Gasteiger partial charge in [0, 0.05) is 0 Å². The Morgan fingerprint density at radius 2 is 0.943 bits per heavy atom. The first kappa shape index (κ1) is 33.8. The highest BCUT2D eigenvalue weighted by Gasteiger charge is 2.54. The van der Waals surface area contributed by atoms with Gasteiger partial charge in [-0.2, -0.15) is 0 Å². The largest absolute Gasteiger partial charge is 0.481 e. The molecule has 0 amide bonds. The second-order valence-corrected chi connectivity index (χ2v) is 11.6. The lowest BCUT2D eigenvalue weighted by Crippen LogP contribution is -2.45. The third-order valence-electron chi connectivity index (χ3n) is 7.33. The van der Waals surface area contributed by atoms with E-state index in [0.717, 1.165) is 51.4 Å². The summed E-state index contributed by atoms with van der Waals surface area (Å²) in [6, 6.07) is 0. The van der Waals surface area contributed by atoms with Gasteiger partial charge in [0.25, 0.3) is 0 Å². The van der Waals surface area contributed by atoms with Crippen LogP contribution in [-0.4, -0.2) is 27.3 Å². The molecule has 0 radical (unpaired) electrons. The van der Waals surface area contributed by atoms with E-state index in [1.165, 1.54) is 64.2 Å². The summed E-state index contributed by atoms with van der Waals surface area (Å²) in [5, 5.41) is 17.4. The number of hydrogen-bond acceptors (Lipinski definition) is 4. The van der Waals surface area contributed by atoms with E-state index in [0.29, 0.717) is 12.8 Å². The lowest BCUT2D eigenvalue weighted by molar-refractivity contribution is -0.152. The van der Waals surface area contributed by atoms with Gasteiger partial charge in [-0.1, -0.05) is 142 Å². The molecule has 0 spiro atoms. The zero-order chi connectivity index (χ0) is 26.4. The second kappa shape index (κ2) is 22.1. The monoisotopic (exact) mass is 516 g/mol. The van der Waals surface area contributed by atoms with Crippen LogP contribution in [0.15, 0.2) is 0 Å². The van der Waals surface area contributed by atoms with Crippen LogP contribution in [0.3, 0.4) is 0 Å². The molecule has 0 aromatic rings. The standard InChI is InChI=1S/C28H53O6P/c1-3-5-7-9-11-13-15-17-19-21-23-25(26(29)30)28(27(31)32,35(33)34)24-22-20-18-16-14-12-10-8-6-4-2/h25H,3-24H2,1-2H3,(H,29,30)(H,31,32). The molecule has 2 unspecified atom stereocenters. The molecule has 0 fully saturated rings. The van der Waals surface area contributed by atoms with Crippen LogP contribution in [0.1, 0.15) is 155 Å². The summed E-state index contributed by atoms with van der Waals surface area (Å²) in [6.45, 7) is 4.39. The van der Waals surface area contributed by atoms with Crippen molar-refractivity contribution in [1.29, 1.82) is 0 Å². The molecular weight excluding hydrogens is 463 g/mol. The van der Waals surface area contributed by atoms with E-state index in [4.69, 9.17) is 0 Å². The van der Waals surface area contributed by atoms with Crippen molar-refractivity contribution in [2.75, 3.05) is 0 Å². The fourth-order valence-corrected chi connectivity index (χ4v) is 6.00. The molecule has 0 aromatic heterocycles. The Balaban J connectivity index is 4.56. The van der Waals surface area contributed by atoms with Crippen molar-refractivity contribution in [2.24, 2.45) is 5.92 Å². The Morgan fingerprint density at radius 1 is 0.600 bits per heavy atom. The van der Waals surface area contributed by atoms with Gasteiger partial charge in [-0.25, -0.2) is 9.13 Å². The lowest BCUT2D eigenvalue weighted by Gasteiger charge is -2.28. The number of carbonyl (C=O) groups is 2. The first-order valence-corrected chi connectivity index (χ1v) is 15.6. The van der Waals surface area contributed by atoms with Crippen LogP contribution in [0.2, 0.25) is 0 Å². The molecule has 35 heavy (non-hydrogen) atoms. The Morgan fingerprint density at radius 3 is 1.26 bits per heavy atom. The van der Waals surface area contributed by atoms with Gasteiger partial charge >= 0.3 is 19.6 Å². The van der Waals surface area contributed by atoms with Crippen molar-refractivity contribution in [3.05, 3.63) is 0 Å². The molecule has 6 nitrogen and oxygen atoms in total. The van der Waals surface area contributed by atoms with E-state index in [2.05, 4.69) is 13.8 Å². The molecule has 0 aliphatic rings. The average molecular weight is 517 g/mol. The van der Waals surface area contributed by atoms with Gasteiger partial charge in [-0.3, -0.25) is 9.59 Å². The molecule has 0 rings (SSSR count). The van der Waals surface area contributed by atoms with Crippen LogP contribution in [0, 0.1) is 5.92 Å². The zero-order valence-corrected chi connectivity index (χ0v) is 23.5. The van der Waals surface area contributed by atoms with Crippen molar-refractivity contribution in [3.8, 4) is 0 Å². The average Bonchev–Trinajstić information content (AvgIpc) is 2.81. The summed E-state index contributed by atoms with van der Waals surface area (Å²) in [5.74, 6) is -4.22. The first-order valence-electron chi connectivity index (χ1n) is 14.4. The van der Waals surface area contributed by atoms with Gasteiger partial charge in [0.2, 0.25) is 0 Å². The van der Waals surface area contributed by atoms with Crippen LogP contribution >= 0.6 is 7.68 Å². The van der Waals surface area contributed by atoms with Crippen LogP contribution in [-0.2, 0) is 18.7 Å². The maximum Gasteiger partial charge on any atom is 0.334 e. The number of carboxylic acid groups (broad SMARTS) is 2. The smallest absolute Gasteiger partial charge is 0.334 e. The van der Waals surface area contributed by atoms with Crippen molar-refractivity contribution in [1.82, 2.24) is 0 Å². The Labute approximate surface area is 214 Å². The van der Waals surface area contributed by atoms with E-state index >= 15 is 0 Å². The fraction of sp³-hybridized carbons (Fsp3) is 0.929. The normalized spacial score (nSPS) is 13.9. The van der Waals surface area contributed by atoms with Crippen molar-refractivity contribution < 1.29 is 28.9 Å². The van der Waals surface area contributed by atoms with Gasteiger partial charge in [0.05, 0.1) is 5.92 Å². The number of aliphatic carboxylic acids is 2. The summed E-state index contributed by atoms with van der Waals surface area (Å²) in [6.07, 6.45) is 21.3. The lowest BCUT2D eigenvalue weighted by atomic mass is 9.82. The van der Waals surface area contributed by atoms with Gasteiger partial charge < -0.3 is 10.2 Å². The third kappa shape index (κ3) is 14.9. The van der Waals surface area contributed by atoms with Gasteiger partial charge in [-0.05, 0) is 12.8 Å². The Bertz CT molecular complexity index is 611. The number of carboxylic acids is 2.